The lowest BCUT2D eigenvalue weighted by atomic mass is 10.4. The molecule has 0 atom stereocenters. The largest absolute Gasteiger partial charge is 0.405 e. The summed E-state index contributed by atoms with van der Waals surface area (Å²) in [6.07, 6.45) is -2.21. The number of nitrogens with one attached hydrogen (secondary N) is 1. The molecule has 0 spiro atoms. The molecule has 0 radical (unpaired) electrons. The number of amides is 2. The summed E-state index contributed by atoms with van der Waals surface area (Å²) in [6.45, 7) is 4.63. The van der Waals surface area contributed by atoms with Crippen molar-refractivity contribution in [2.24, 2.45) is 0 Å². The van der Waals surface area contributed by atoms with Crippen LogP contribution in [0.3, 0.4) is 0 Å². The van der Waals surface area contributed by atoms with Gasteiger partial charge in [0.1, 0.15) is 6.54 Å². The molecule has 0 aliphatic heterocycles. The lowest BCUT2D eigenvalue weighted by Gasteiger charge is -2.21. The van der Waals surface area contributed by atoms with Crippen molar-refractivity contribution in [3.8, 4) is 0 Å². The monoisotopic (exact) mass is 224 g/mol. The van der Waals surface area contributed by atoms with Crippen LogP contribution in [0.2, 0.25) is 0 Å². The normalized spacial score (nSPS) is 10.9. The number of carbonyl (C=O) groups excluding carboxylic acids is 1. The van der Waals surface area contributed by atoms with Gasteiger partial charge in [0.25, 0.3) is 0 Å². The molecule has 0 bridgehead atoms. The second kappa shape index (κ2) is 6.31. The van der Waals surface area contributed by atoms with E-state index in [2.05, 4.69) is 6.58 Å². The van der Waals surface area contributed by atoms with Gasteiger partial charge in [-0.3, -0.25) is 0 Å². The maximum absolute atomic E-state index is 11.8. The molecule has 0 heterocycles. The first kappa shape index (κ1) is 13.8. The van der Waals surface area contributed by atoms with Gasteiger partial charge in [0.05, 0.1) is 0 Å². The Bertz CT molecular complexity index is 216. The second-order valence-electron chi connectivity index (χ2n) is 3.01. The Morgan fingerprint density at radius 3 is 2.53 bits per heavy atom. The summed E-state index contributed by atoms with van der Waals surface area (Å²) in [4.78, 5) is 12.5. The van der Waals surface area contributed by atoms with Crippen LogP contribution >= 0.6 is 0 Å². The number of nitrogens with zero attached hydrogens (tertiary/aromatic N) is 1. The Kier molecular flexibility index (Phi) is 5.81. The number of halogens is 3. The molecule has 0 saturated carbocycles. The maximum atomic E-state index is 11.8. The van der Waals surface area contributed by atoms with Crippen LogP contribution in [0.25, 0.3) is 0 Å². The van der Waals surface area contributed by atoms with Gasteiger partial charge in [-0.05, 0) is 6.42 Å². The van der Waals surface area contributed by atoms with E-state index in [4.69, 9.17) is 0 Å². The zero-order valence-corrected chi connectivity index (χ0v) is 8.60. The van der Waals surface area contributed by atoms with Gasteiger partial charge in [-0.15, -0.1) is 6.58 Å². The SMILES string of the molecule is C=CCN(CCC)C(=O)NCC(F)(F)F. The first-order valence-electron chi connectivity index (χ1n) is 4.61. The van der Waals surface area contributed by atoms with E-state index in [1.54, 1.807) is 5.32 Å². The molecule has 88 valence electrons. The molecule has 0 unspecified atom stereocenters. The minimum absolute atomic E-state index is 0.248. The van der Waals surface area contributed by atoms with Crippen LogP contribution in [0.1, 0.15) is 13.3 Å². The third-order valence-corrected chi connectivity index (χ3v) is 1.57. The van der Waals surface area contributed by atoms with Crippen LogP contribution in [0.5, 0.6) is 0 Å². The fourth-order valence-electron chi connectivity index (χ4n) is 0.989. The molecule has 1 N–H and O–H groups in total. The molecule has 2 amide bonds. The zero-order valence-electron chi connectivity index (χ0n) is 8.60. The number of alkyl halides is 3. The van der Waals surface area contributed by atoms with Crippen molar-refractivity contribution in [2.45, 2.75) is 19.5 Å². The topological polar surface area (TPSA) is 32.3 Å². The highest BCUT2D eigenvalue weighted by Crippen LogP contribution is 2.12. The van der Waals surface area contributed by atoms with Crippen molar-refractivity contribution < 1.29 is 18.0 Å². The van der Waals surface area contributed by atoms with E-state index >= 15 is 0 Å². The standard InChI is InChI=1S/C9H15F3N2O/c1-3-5-14(6-4-2)8(15)13-7-9(10,11)12/h3H,1,4-7H2,2H3,(H,13,15). The molecule has 0 fully saturated rings. The zero-order chi connectivity index (χ0) is 11.9. The van der Waals surface area contributed by atoms with E-state index in [-0.39, 0.29) is 6.54 Å². The molecule has 6 heteroatoms. The van der Waals surface area contributed by atoms with E-state index in [0.29, 0.717) is 13.0 Å². The van der Waals surface area contributed by atoms with Gasteiger partial charge >= 0.3 is 12.2 Å². The van der Waals surface area contributed by atoms with Crippen LogP contribution in [0.15, 0.2) is 12.7 Å². The van der Waals surface area contributed by atoms with Gasteiger partial charge < -0.3 is 10.2 Å². The summed E-state index contributed by atoms with van der Waals surface area (Å²) in [5, 5.41) is 1.81. The highest BCUT2D eigenvalue weighted by atomic mass is 19.4. The van der Waals surface area contributed by atoms with E-state index in [1.165, 1.54) is 11.0 Å². The highest BCUT2D eigenvalue weighted by molar-refractivity contribution is 5.74. The smallest absolute Gasteiger partial charge is 0.329 e. The average Bonchev–Trinajstić information content (AvgIpc) is 2.13. The Labute approximate surface area is 86.9 Å². The van der Waals surface area contributed by atoms with Crippen molar-refractivity contribution in [3.05, 3.63) is 12.7 Å². The first-order valence-corrected chi connectivity index (χ1v) is 4.61. The first-order chi connectivity index (χ1) is 6.90. The summed E-state index contributed by atoms with van der Waals surface area (Å²) < 4.78 is 35.4. The van der Waals surface area contributed by atoms with Gasteiger partial charge in [0.15, 0.2) is 0 Å². The predicted molar refractivity (Wildman–Crippen MR) is 51.5 cm³/mol. The summed E-state index contributed by atoms with van der Waals surface area (Å²) in [6, 6.07) is -0.714. The molecule has 0 aromatic heterocycles. The quantitative estimate of drug-likeness (QED) is 0.713. The third-order valence-electron chi connectivity index (χ3n) is 1.57. The number of urea groups is 1. The van der Waals surface area contributed by atoms with Gasteiger partial charge in [-0.2, -0.15) is 13.2 Å². The number of carbonyl (C=O) groups is 1. The van der Waals surface area contributed by atoms with Gasteiger partial charge in [0.2, 0.25) is 0 Å². The Morgan fingerprint density at radius 2 is 2.13 bits per heavy atom. The van der Waals surface area contributed by atoms with Crippen molar-refractivity contribution in [1.29, 1.82) is 0 Å². The third kappa shape index (κ3) is 6.82. The van der Waals surface area contributed by atoms with Crippen molar-refractivity contribution in [2.75, 3.05) is 19.6 Å². The number of rotatable bonds is 5. The minimum Gasteiger partial charge on any atom is -0.329 e. The lowest BCUT2D eigenvalue weighted by molar-refractivity contribution is -0.123. The molecule has 15 heavy (non-hydrogen) atoms. The Hall–Kier alpha value is -1.20. The Morgan fingerprint density at radius 1 is 1.53 bits per heavy atom. The molecular weight excluding hydrogens is 209 g/mol. The van der Waals surface area contributed by atoms with Gasteiger partial charge in [-0.1, -0.05) is 13.0 Å². The fraction of sp³-hybridized carbons (Fsp3) is 0.667. The van der Waals surface area contributed by atoms with E-state index < -0.39 is 18.8 Å². The average molecular weight is 224 g/mol. The fourth-order valence-corrected chi connectivity index (χ4v) is 0.989. The molecule has 0 rings (SSSR count). The van der Waals surface area contributed by atoms with Gasteiger partial charge in [-0.25, -0.2) is 4.79 Å². The van der Waals surface area contributed by atoms with Crippen LogP contribution in [0, 0.1) is 0 Å². The van der Waals surface area contributed by atoms with E-state index in [9.17, 15) is 18.0 Å². The summed E-state index contributed by atoms with van der Waals surface area (Å²) in [5.74, 6) is 0. The predicted octanol–water partition coefficient (Wildman–Crippen LogP) is 2.16. The van der Waals surface area contributed by atoms with Crippen LogP contribution in [0.4, 0.5) is 18.0 Å². The second-order valence-corrected chi connectivity index (χ2v) is 3.01. The molecule has 0 aliphatic rings. The molecule has 0 saturated heterocycles. The van der Waals surface area contributed by atoms with Crippen molar-refractivity contribution in [1.82, 2.24) is 10.2 Å². The van der Waals surface area contributed by atoms with Crippen LogP contribution in [-0.4, -0.2) is 36.7 Å². The van der Waals surface area contributed by atoms with Gasteiger partial charge in [0, 0.05) is 13.1 Å². The molecule has 0 aromatic rings. The van der Waals surface area contributed by atoms with Crippen LogP contribution < -0.4 is 5.32 Å². The molecule has 0 aromatic carbocycles. The van der Waals surface area contributed by atoms with Crippen LogP contribution in [-0.2, 0) is 0 Å². The molecule has 0 aliphatic carbocycles. The highest BCUT2D eigenvalue weighted by Gasteiger charge is 2.28. The minimum atomic E-state index is -4.37. The number of hydrogen-bond acceptors (Lipinski definition) is 1. The van der Waals surface area contributed by atoms with Crippen molar-refractivity contribution >= 4 is 6.03 Å². The number of hydrogen-bond donors (Lipinski definition) is 1. The maximum Gasteiger partial charge on any atom is 0.405 e. The summed E-state index contributed by atoms with van der Waals surface area (Å²) >= 11 is 0. The van der Waals surface area contributed by atoms with E-state index in [0.717, 1.165) is 0 Å². The Balaban J connectivity index is 4.07. The summed E-state index contributed by atoms with van der Waals surface area (Å²) in [7, 11) is 0. The molecular formula is C9H15F3N2O. The molecule has 3 nitrogen and oxygen atoms in total. The van der Waals surface area contributed by atoms with E-state index in [1.807, 2.05) is 6.92 Å². The summed E-state index contributed by atoms with van der Waals surface area (Å²) in [5.41, 5.74) is 0. The van der Waals surface area contributed by atoms with Crippen molar-refractivity contribution in [3.63, 3.8) is 0 Å². The lowest BCUT2D eigenvalue weighted by Crippen LogP contribution is -2.44.